The van der Waals surface area contributed by atoms with E-state index >= 15 is 0 Å². The van der Waals surface area contributed by atoms with Gasteiger partial charge in [0.15, 0.2) is 12.1 Å². The van der Waals surface area contributed by atoms with Crippen molar-refractivity contribution in [2.24, 2.45) is 4.99 Å². The first kappa shape index (κ1) is 17.5. The van der Waals surface area contributed by atoms with E-state index in [4.69, 9.17) is 21.1 Å². The highest BCUT2D eigenvalue weighted by Crippen LogP contribution is 2.33. The predicted molar refractivity (Wildman–Crippen MR) is 97.9 cm³/mol. The Labute approximate surface area is 152 Å². The SMILES string of the molecule is CC(C)(C)OC(=O)[C@H]1N=C(c2ccccc2)O[C@H]1c1ccc(Cl)cc1. The first-order chi connectivity index (χ1) is 11.8. The van der Waals surface area contributed by atoms with Gasteiger partial charge in [-0.25, -0.2) is 9.79 Å². The van der Waals surface area contributed by atoms with Crippen LogP contribution in [0.15, 0.2) is 59.6 Å². The fourth-order valence-corrected chi connectivity index (χ4v) is 2.70. The van der Waals surface area contributed by atoms with Crippen LogP contribution in [0.2, 0.25) is 5.02 Å². The lowest BCUT2D eigenvalue weighted by molar-refractivity contribution is -0.158. The van der Waals surface area contributed by atoms with Crippen LogP contribution in [0.3, 0.4) is 0 Å². The second kappa shape index (κ2) is 6.89. The minimum Gasteiger partial charge on any atom is -0.466 e. The number of benzene rings is 2. The van der Waals surface area contributed by atoms with Crippen molar-refractivity contribution in [2.45, 2.75) is 38.5 Å². The van der Waals surface area contributed by atoms with E-state index in [0.717, 1.165) is 11.1 Å². The molecular weight excluding hydrogens is 338 g/mol. The Morgan fingerprint density at radius 2 is 1.72 bits per heavy atom. The van der Waals surface area contributed by atoms with E-state index in [1.807, 2.05) is 63.2 Å². The van der Waals surface area contributed by atoms with Crippen molar-refractivity contribution in [3.8, 4) is 0 Å². The number of nitrogens with zero attached hydrogens (tertiary/aromatic N) is 1. The third kappa shape index (κ3) is 4.20. The quantitative estimate of drug-likeness (QED) is 0.756. The summed E-state index contributed by atoms with van der Waals surface area (Å²) >= 11 is 5.97. The second-order valence-corrected chi connectivity index (χ2v) is 7.31. The number of carbonyl (C=O) groups is 1. The lowest BCUT2D eigenvalue weighted by Crippen LogP contribution is -2.33. The standard InChI is InChI=1S/C20H20ClNO3/c1-20(2,3)25-19(23)16-17(13-9-11-15(21)12-10-13)24-18(22-16)14-7-5-4-6-8-14/h4-12,16-17H,1-3H3/t16-,17-/m0/s1. The monoisotopic (exact) mass is 357 g/mol. The fraction of sp³-hybridized carbons (Fsp3) is 0.300. The highest BCUT2D eigenvalue weighted by molar-refractivity contribution is 6.30. The van der Waals surface area contributed by atoms with E-state index < -0.39 is 23.7 Å². The summed E-state index contributed by atoms with van der Waals surface area (Å²) in [5.74, 6) is 0.0368. The van der Waals surface area contributed by atoms with Gasteiger partial charge in [-0.2, -0.15) is 0 Å². The number of hydrogen-bond donors (Lipinski definition) is 0. The minimum atomic E-state index is -0.754. The van der Waals surface area contributed by atoms with Crippen molar-refractivity contribution >= 4 is 23.5 Å². The van der Waals surface area contributed by atoms with E-state index in [1.54, 1.807) is 12.1 Å². The zero-order chi connectivity index (χ0) is 18.0. The average Bonchev–Trinajstić information content (AvgIpc) is 3.00. The van der Waals surface area contributed by atoms with Gasteiger partial charge in [0.25, 0.3) is 0 Å². The molecule has 1 aliphatic rings. The average molecular weight is 358 g/mol. The van der Waals surface area contributed by atoms with Crippen molar-refractivity contribution in [2.75, 3.05) is 0 Å². The highest BCUT2D eigenvalue weighted by atomic mass is 35.5. The lowest BCUT2D eigenvalue weighted by atomic mass is 10.0. The number of carbonyl (C=O) groups excluding carboxylic acids is 1. The van der Waals surface area contributed by atoms with Gasteiger partial charge in [0.05, 0.1) is 0 Å². The van der Waals surface area contributed by atoms with Crippen LogP contribution in [0.25, 0.3) is 0 Å². The number of aliphatic imine (C=N–C) groups is 1. The summed E-state index contributed by atoms with van der Waals surface area (Å²) < 4.78 is 11.6. The molecule has 0 fully saturated rings. The van der Waals surface area contributed by atoms with Crippen LogP contribution < -0.4 is 0 Å². The molecule has 0 bridgehead atoms. The second-order valence-electron chi connectivity index (χ2n) is 6.87. The summed E-state index contributed by atoms with van der Waals surface area (Å²) in [5, 5.41) is 0.625. The van der Waals surface area contributed by atoms with Crippen molar-refractivity contribution in [3.63, 3.8) is 0 Å². The molecule has 2 aromatic rings. The molecule has 3 rings (SSSR count). The van der Waals surface area contributed by atoms with Gasteiger partial charge in [-0.15, -0.1) is 0 Å². The van der Waals surface area contributed by atoms with Gasteiger partial charge in [0, 0.05) is 10.6 Å². The zero-order valence-corrected chi connectivity index (χ0v) is 15.2. The molecule has 0 aromatic heterocycles. The summed E-state index contributed by atoms with van der Waals surface area (Å²) in [6.07, 6.45) is -0.540. The molecule has 2 aromatic carbocycles. The molecule has 0 unspecified atom stereocenters. The molecule has 0 spiro atoms. The third-order valence-corrected chi connectivity index (χ3v) is 3.90. The van der Waals surface area contributed by atoms with Crippen LogP contribution in [0.5, 0.6) is 0 Å². The van der Waals surface area contributed by atoms with E-state index in [2.05, 4.69) is 4.99 Å². The molecule has 1 heterocycles. The fourth-order valence-electron chi connectivity index (χ4n) is 2.57. The third-order valence-electron chi connectivity index (χ3n) is 3.65. The largest absolute Gasteiger partial charge is 0.466 e. The molecule has 2 atom stereocenters. The molecule has 0 radical (unpaired) electrons. The van der Waals surface area contributed by atoms with Gasteiger partial charge in [-0.1, -0.05) is 41.9 Å². The Bertz CT molecular complexity index is 779. The van der Waals surface area contributed by atoms with Crippen LogP contribution >= 0.6 is 11.6 Å². The molecule has 130 valence electrons. The normalized spacial score (nSPS) is 19.9. The van der Waals surface area contributed by atoms with E-state index in [1.165, 1.54) is 0 Å². The van der Waals surface area contributed by atoms with Crippen LogP contribution in [-0.4, -0.2) is 23.5 Å². The molecule has 4 nitrogen and oxygen atoms in total. The number of hydrogen-bond acceptors (Lipinski definition) is 4. The number of halogens is 1. The van der Waals surface area contributed by atoms with Gasteiger partial charge in [0.1, 0.15) is 5.60 Å². The number of ether oxygens (including phenoxy) is 2. The molecule has 0 aliphatic carbocycles. The van der Waals surface area contributed by atoms with Crippen LogP contribution in [-0.2, 0) is 14.3 Å². The summed E-state index contributed by atoms with van der Waals surface area (Å²) in [5.41, 5.74) is 1.06. The van der Waals surface area contributed by atoms with E-state index in [0.29, 0.717) is 10.9 Å². The van der Waals surface area contributed by atoms with Gasteiger partial charge in [-0.05, 0) is 50.6 Å². The first-order valence-electron chi connectivity index (χ1n) is 8.12. The maximum atomic E-state index is 12.7. The lowest BCUT2D eigenvalue weighted by Gasteiger charge is -2.23. The summed E-state index contributed by atoms with van der Waals surface area (Å²) in [6, 6.07) is 16.0. The highest BCUT2D eigenvalue weighted by Gasteiger charge is 2.40. The topological polar surface area (TPSA) is 47.9 Å². The van der Waals surface area contributed by atoms with Crippen LogP contribution in [0.4, 0.5) is 0 Å². The molecule has 25 heavy (non-hydrogen) atoms. The summed E-state index contributed by atoms with van der Waals surface area (Å²) in [4.78, 5) is 17.2. The molecule has 0 saturated heterocycles. The predicted octanol–water partition coefficient (Wildman–Crippen LogP) is 4.57. The van der Waals surface area contributed by atoms with Gasteiger partial charge < -0.3 is 9.47 Å². The maximum Gasteiger partial charge on any atom is 0.335 e. The minimum absolute atomic E-state index is 0.404. The Morgan fingerprint density at radius 1 is 1.08 bits per heavy atom. The zero-order valence-electron chi connectivity index (χ0n) is 14.4. The van der Waals surface area contributed by atoms with Crippen molar-refractivity contribution in [3.05, 3.63) is 70.7 Å². The van der Waals surface area contributed by atoms with E-state index in [9.17, 15) is 4.79 Å². The first-order valence-corrected chi connectivity index (χ1v) is 8.49. The van der Waals surface area contributed by atoms with E-state index in [-0.39, 0.29) is 0 Å². The molecule has 0 saturated carbocycles. The van der Waals surface area contributed by atoms with Crippen molar-refractivity contribution in [1.82, 2.24) is 0 Å². The Kier molecular flexibility index (Phi) is 4.82. The summed E-state index contributed by atoms with van der Waals surface area (Å²) in [6.45, 7) is 5.50. The number of rotatable bonds is 3. The van der Waals surface area contributed by atoms with Crippen molar-refractivity contribution < 1.29 is 14.3 Å². The molecule has 5 heteroatoms. The smallest absolute Gasteiger partial charge is 0.335 e. The van der Waals surface area contributed by atoms with Crippen molar-refractivity contribution in [1.29, 1.82) is 0 Å². The Balaban J connectivity index is 1.93. The van der Waals surface area contributed by atoms with Gasteiger partial charge in [0.2, 0.25) is 5.90 Å². The Morgan fingerprint density at radius 3 is 2.32 bits per heavy atom. The molecular formula is C20H20ClNO3. The van der Waals surface area contributed by atoms with Gasteiger partial charge >= 0.3 is 5.97 Å². The van der Waals surface area contributed by atoms with Crippen LogP contribution in [0.1, 0.15) is 38.0 Å². The van der Waals surface area contributed by atoms with Crippen LogP contribution in [0, 0.1) is 0 Å². The maximum absolute atomic E-state index is 12.7. The number of esters is 1. The molecule has 0 amide bonds. The molecule has 1 aliphatic heterocycles. The van der Waals surface area contributed by atoms with Gasteiger partial charge in [-0.3, -0.25) is 0 Å². The molecule has 0 N–H and O–H groups in total. The Hall–Kier alpha value is -2.33. The summed E-state index contributed by atoms with van der Waals surface area (Å²) in [7, 11) is 0.